The molecule has 2 aliphatic heterocycles. The van der Waals surface area contributed by atoms with E-state index in [0.717, 1.165) is 41.3 Å². The van der Waals surface area contributed by atoms with Crippen molar-refractivity contribution >= 4 is 29.4 Å². The van der Waals surface area contributed by atoms with Crippen molar-refractivity contribution in [3.63, 3.8) is 0 Å². The van der Waals surface area contributed by atoms with E-state index in [1.807, 2.05) is 62.4 Å². The first kappa shape index (κ1) is 29.1. The largest absolute Gasteiger partial charge is 0.376 e. The fourth-order valence-electron chi connectivity index (χ4n) is 5.73. The Morgan fingerprint density at radius 1 is 1.09 bits per heavy atom. The van der Waals surface area contributed by atoms with Gasteiger partial charge in [0.15, 0.2) is 0 Å². The third kappa shape index (κ3) is 5.94. The number of aromatic nitrogens is 2. The highest BCUT2D eigenvalue weighted by atomic mass is 32.2. The predicted molar refractivity (Wildman–Crippen MR) is 163 cm³/mol. The van der Waals surface area contributed by atoms with E-state index in [1.165, 1.54) is 28.8 Å². The number of nitrogens with one attached hydrogen (secondary N) is 1. The number of hydrogen-bond donors (Lipinski definition) is 1. The first-order valence-corrected chi connectivity index (χ1v) is 15.4. The monoisotopic (exact) mass is 602 g/mol. The SMILES string of the molecule is Cc1ccc(-n2nc(-c3ccccc3)c3c2N(CC(=O)NC[C@H]2CCCO2)C(=O)CS[C@H]3c2ccc(F)cc2F)c(C)c1. The summed E-state index contributed by atoms with van der Waals surface area (Å²) in [5.74, 6) is -1.67. The molecule has 43 heavy (non-hydrogen) atoms. The molecule has 2 aliphatic rings. The van der Waals surface area contributed by atoms with Crippen LogP contribution < -0.4 is 10.2 Å². The summed E-state index contributed by atoms with van der Waals surface area (Å²) >= 11 is 1.24. The second-order valence-corrected chi connectivity index (χ2v) is 12.0. The van der Waals surface area contributed by atoms with Crippen LogP contribution in [-0.4, -0.2) is 53.1 Å². The number of rotatable bonds is 7. The Kier molecular flexibility index (Phi) is 8.32. The molecule has 10 heteroatoms. The Balaban J connectivity index is 1.55. The molecule has 1 fully saturated rings. The van der Waals surface area contributed by atoms with Crippen molar-refractivity contribution < 1.29 is 23.1 Å². The van der Waals surface area contributed by atoms with Crippen molar-refractivity contribution in [2.75, 3.05) is 30.3 Å². The Morgan fingerprint density at radius 2 is 1.91 bits per heavy atom. The van der Waals surface area contributed by atoms with Crippen molar-refractivity contribution in [3.05, 3.63) is 101 Å². The smallest absolute Gasteiger partial charge is 0.240 e. The van der Waals surface area contributed by atoms with Crippen molar-refractivity contribution in [1.29, 1.82) is 0 Å². The Labute approximate surface area is 253 Å². The van der Waals surface area contributed by atoms with E-state index in [9.17, 15) is 14.0 Å². The molecule has 222 valence electrons. The molecule has 0 saturated carbocycles. The standard InChI is InChI=1S/C33H32F2N4O3S/c1-20-10-13-27(21(2)15-20)39-33-30(31(37-39)22-7-4-3-5-8-22)32(25-12-11-23(34)16-26(25)35)43-19-29(41)38(33)18-28(40)36-17-24-9-6-14-42-24/h3-5,7-8,10-13,15-16,24,32H,6,9,14,17-19H2,1-2H3,(H,36,40)/t24-,32+/m1/s1. The molecule has 0 unspecified atom stereocenters. The highest BCUT2D eigenvalue weighted by molar-refractivity contribution is 8.00. The Hall–Kier alpha value is -4.02. The molecule has 2 amide bonds. The van der Waals surface area contributed by atoms with Crippen LogP contribution in [-0.2, 0) is 14.3 Å². The van der Waals surface area contributed by atoms with Gasteiger partial charge in [-0.25, -0.2) is 13.5 Å². The maximum Gasteiger partial charge on any atom is 0.240 e. The van der Waals surface area contributed by atoms with Gasteiger partial charge in [-0.3, -0.25) is 14.5 Å². The number of hydrogen-bond acceptors (Lipinski definition) is 5. The van der Waals surface area contributed by atoms with Gasteiger partial charge in [0.25, 0.3) is 0 Å². The molecule has 3 heterocycles. The topological polar surface area (TPSA) is 76.5 Å². The number of fused-ring (bicyclic) bond motifs is 1. The summed E-state index contributed by atoms with van der Waals surface area (Å²) in [6, 6.07) is 18.9. The lowest BCUT2D eigenvalue weighted by molar-refractivity contribution is -0.123. The lowest BCUT2D eigenvalue weighted by Gasteiger charge is -2.24. The van der Waals surface area contributed by atoms with Crippen LogP contribution >= 0.6 is 11.8 Å². The summed E-state index contributed by atoms with van der Waals surface area (Å²) in [5, 5.41) is 7.27. The molecule has 0 bridgehead atoms. The number of aryl methyl sites for hydroxylation is 2. The number of anilines is 1. The van der Waals surface area contributed by atoms with Gasteiger partial charge in [0.2, 0.25) is 11.8 Å². The number of nitrogens with zero attached hydrogens (tertiary/aromatic N) is 3. The van der Waals surface area contributed by atoms with E-state index in [1.54, 1.807) is 4.68 Å². The van der Waals surface area contributed by atoms with Gasteiger partial charge in [0, 0.05) is 35.9 Å². The zero-order valence-corrected chi connectivity index (χ0v) is 24.8. The number of carbonyl (C=O) groups excluding carboxylic acids is 2. The third-order valence-electron chi connectivity index (χ3n) is 7.81. The van der Waals surface area contributed by atoms with Gasteiger partial charge in [-0.1, -0.05) is 54.1 Å². The summed E-state index contributed by atoms with van der Waals surface area (Å²) in [7, 11) is 0. The van der Waals surface area contributed by atoms with Gasteiger partial charge in [0.05, 0.1) is 28.5 Å². The van der Waals surface area contributed by atoms with Crippen LogP contribution in [0.25, 0.3) is 16.9 Å². The van der Waals surface area contributed by atoms with E-state index >= 15 is 4.39 Å². The molecule has 2 atom stereocenters. The van der Waals surface area contributed by atoms with Crippen molar-refractivity contribution in [2.24, 2.45) is 0 Å². The minimum atomic E-state index is -0.711. The van der Waals surface area contributed by atoms with E-state index in [2.05, 4.69) is 5.32 Å². The normalized spacial score (nSPS) is 18.4. The van der Waals surface area contributed by atoms with Crippen LogP contribution in [0.15, 0.2) is 66.7 Å². The fraction of sp³-hybridized carbons (Fsp3) is 0.303. The Bertz CT molecular complexity index is 1670. The number of thioether (sulfide) groups is 1. The second kappa shape index (κ2) is 12.3. The van der Waals surface area contributed by atoms with Crippen molar-refractivity contribution in [1.82, 2.24) is 15.1 Å². The third-order valence-corrected chi connectivity index (χ3v) is 9.05. The quantitative estimate of drug-likeness (QED) is 0.285. The highest BCUT2D eigenvalue weighted by Crippen LogP contribution is 2.49. The molecule has 1 saturated heterocycles. The average molecular weight is 603 g/mol. The first-order valence-electron chi connectivity index (χ1n) is 14.3. The van der Waals surface area contributed by atoms with E-state index in [-0.39, 0.29) is 35.8 Å². The van der Waals surface area contributed by atoms with E-state index in [0.29, 0.717) is 30.2 Å². The molecule has 0 spiro atoms. The molecule has 3 aromatic carbocycles. The molecule has 1 N–H and O–H groups in total. The molecular weight excluding hydrogens is 570 g/mol. The van der Waals surface area contributed by atoms with Crippen LogP contribution in [0.5, 0.6) is 0 Å². The van der Waals surface area contributed by atoms with Crippen LogP contribution in [0.2, 0.25) is 0 Å². The number of ether oxygens (including phenoxy) is 1. The highest BCUT2D eigenvalue weighted by Gasteiger charge is 2.39. The minimum Gasteiger partial charge on any atom is -0.376 e. The maximum absolute atomic E-state index is 15.4. The predicted octanol–water partition coefficient (Wildman–Crippen LogP) is 5.90. The summed E-state index contributed by atoms with van der Waals surface area (Å²) in [4.78, 5) is 28.6. The average Bonchev–Trinajstić information content (AvgIpc) is 3.62. The fourth-order valence-corrected chi connectivity index (χ4v) is 6.95. The molecular formula is C33H32F2N4O3S. The maximum atomic E-state index is 15.4. The van der Waals surface area contributed by atoms with Crippen molar-refractivity contribution in [3.8, 4) is 16.9 Å². The van der Waals surface area contributed by atoms with Gasteiger partial charge in [-0.2, -0.15) is 5.10 Å². The number of amides is 2. The molecule has 1 aromatic heterocycles. The number of benzene rings is 3. The number of carbonyl (C=O) groups is 2. The van der Waals surface area contributed by atoms with E-state index < -0.39 is 16.9 Å². The van der Waals surface area contributed by atoms with Crippen LogP contribution in [0.3, 0.4) is 0 Å². The van der Waals surface area contributed by atoms with Gasteiger partial charge < -0.3 is 10.1 Å². The molecule has 6 rings (SSSR count). The van der Waals surface area contributed by atoms with Crippen molar-refractivity contribution in [2.45, 2.75) is 38.0 Å². The summed E-state index contributed by atoms with van der Waals surface area (Å²) in [6.07, 6.45) is 1.77. The zero-order chi connectivity index (χ0) is 30.1. The van der Waals surface area contributed by atoms with Gasteiger partial charge in [0.1, 0.15) is 24.0 Å². The van der Waals surface area contributed by atoms with Gasteiger partial charge >= 0.3 is 0 Å². The lowest BCUT2D eigenvalue weighted by atomic mass is 9.99. The van der Waals surface area contributed by atoms with Gasteiger partial charge in [-0.15, -0.1) is 11.8 Å². The van der Waals surface area contributed by atoms with Crippen LogP contribution in [0.1, 0.15) is 40.3 Å². The molecule has 7 nitrogen and oxygen atoms in total. The van der Waals surface area contributed by atoms with E-state index in [4.69, 9.17) is 9.84 Å². The summed E-state index contributed by atoms with van der Waals surface area (Å²) in [5.41, 5.74) is 4.85. The molecule has 4 aromatic rings. The van der Waals surface area contributed by atoms with Crippen LogP contribution in [0, 0.1) is 25.5 Å². The zero-order valence-electron chi connectivity index (χ0n) is 24.0. The molecule has 0 radical (unpaired) electrons. The summed E-state index contributed by atoms with van der Waals surface area (Å²) in [6.45, 7) is 4.74. The first-order chi connectivity index (χ1) is 20.8. The summed E-state index contributed by atoms with van der Waals surface area (Å²) < 4.78 is 36.8. The Morgan fingerprint density at radius 3 is 2.63 bits per heavy atom. The number of halogens is 2. The van der Waals surface area contributed by atoms with Crippen LogP contribution in [0.4, 0.5) is 14.6 Å². The minimum absolute atomic E-state index is 0.0176. The lowest BCUT2D eigenvalue weighted by Crippen LogP contribution is -2.44. The van der Waals surface area contributed by atoms with Gasteiger partial charge in [-0.05, 0) is 44.4 Å². The molecule has 0 aliphatic carbocycles. The second-order valence-electron chi connectivity index (χ2n) is 10.9.